The molecule has 32 heavy (non-hydrogen) atoms. The predicted molar refractivity (Wildman–Crippen MR) is 132 cm³/mol. The molecule has 0 aliphatic carbocycles. The van der Waals surface area contributed by atoms with Gasteiger partial charge in [0.25, 0.3) is 5.91 Å². The number of rotatable bonds is 8. The van der Waals surface area contributed by atoms with Crippen molar-refractivity contribution in [2.45, 2.75) is 45.7 Å². The van der Waals surface area contributed by atoms with Crippen LogP contribution in [0.3, 0.4) is 0 Å². The highest BCUT2D eigenvalue weighted by atomic mass is 32.1. The van der Waals surface area contributed by atoms with Crippen molar-refractivity contribution >= 4 is 35.0 Å². The first-order chi connectivity index (χ1) is 15.4. The van der Waals surface area contributed by atoms with Gasteiger partial charge < -0.3 is 15.1 Å². The number of hydrogen-bond donors (Lipinski definition) is 1. The quantitative estimate of drug-likeness (QED) is 0.454. The van der Waals surface area contributed by atoms with E-state index in [9.17, 15) is 10.1 Å². The van der Waals surface area contributed by atoms with E-state index in [1.165, 1.54) is 30.6 Å². The molecule has 0 spiro atoms. The van der Waals surface area contributed by atoms with E-state index < -0.39 is 0 Å². The number of thiophene rings is 1. The smallest absolute Gasteiger partial charge is 0.266 e. The molecule has 1 fully saturated rings. The van der Waals surface area contributed by atoms with Gasteiger partial charge in [0.2, 0.25) is 0 Å². The number of likely N-dealkylation sites (tertiary alicyclic amines) is 1. The number of aliphatic imine (C=N–C) groups is 1. The zero-order chi connectivity index (χ0) is 23.1. The maximum Gasteiger partial charge on any atom is 0.266 e. The summed E-state index contributed by atoms with van der Waals surface area (Å²) in [6.45, 7) is 10.6. The molecule has 1 aromatic heterocycles. The lowest BCUT2D eigenvalue weighted by Gasteiger charge is -2.23. The van der Waals surface area contributed by atoms with Crippen LogP contribution in [-0.4, -0.2) is 48.2 Å². The minimum absolute atomic E-state index is 0.114. The Morgan fingerprint density at radius 1 is 1.34 bits per heavy atom. The van der Waals surface area contributed by atoms with Crippen LogP contribution in [0.5, 0.6) is 0 Å². The topological polar surface area (TPSA) is 71.7 Å². The molecule has 2 heterocycles. The maximum absolute atomic E-state index is 13.4. The summed E-state index contributed by atoms with van der Waals surface area (Å²) in [4.78, 5) is 23.4. The zero-order valence-corrected chi connectivity index (χ0v) is 19.9. The van der Waals surface area contributed by atoms with E-state index in [4.69, 9.17) is 4.99 Å². The minimum atomic E-state index is -0.114. The van der Waals surface area contributed by atoms with Crippen molar-refractivity contribution in [2.24, 2.45) is 4.99 Å². The maximum atomic E-state index is 13.4. The van der Waals surface area contributed by atoms with Crippen LogP contribution >= 0.6 is 11.3 Å². The van der Waals surface area contributed by atoms with E-state index >= 15 is 0 Å². The fourth-order valence-corrected chi connectivity index (χ4v) is 4.68. The molecule has 1 aliphatic heterocycles. The Morgan fingerprint density at radius 2 is 2.06 bits per heavy atom. The lowest BCUT2D eigenvalue weighted by atomic mass is 10.1. The van der Waals surface area contributed by atoms with Gasteiger partial charge in [0, 0.05) is 38.4 Å². The molecule has 1 aliphatic rings. The van der Waals surface area contributed by atoms with Crippen LogP contribution in [0.1, 0.15) is 58.8 Å². The summed E-state index contributed by atoms with van der Waals surface area (Å²) in [5, 5.41) is 12.7. The van der Waals surface area contributed by atoms with Gasteiger partial charge in [-0.15, -0.1) is 11.3 Å². The number of amides is 1. The van der Waals surface area contributed by atoms with E-state index in [-0.39, 0.29) is 11.9 Å². The Kier molecular flexibility index (Phi) is 8.07. The first-order valence-corrected chi connectivity index (χ1v) is 11.8. The molecular weight excluding hydrogens is 418 g/mol. The van der Waals surface area contributed by atoms with Crippen molar-refractivity contribution in [3.63, 3.8) is 0 Å². The Morgan fingerprint density at radius 3 is 2.75 bits per heavy atom. The predicted octanol–water partition coefficient (Wildman–Crippen LogP) is 5.01. The molecule has 3 rings (SSSR count). The summed E-state index contributed by atoms with van der Waals surface area (Å²) in [7, 11) is 1.76. The van der Waals surface area contributed by atoms with Crippen molar-refractivity contribution in [1.29, 1.82) is 5.26 Å². The molecule has 0 saturated carbocycles. The van der Waals surface area contributed by atoms with Crippen molar-refractivity contribution in [2.75, 3.05) is 20.1 Å². The van der Waals surface area contributed by atoms with E-state index in [1.54, 1.807) is 18.0 Å². The van der Waals surface area contributed by atoms with Crippen LogP contribution in [0.4, 0.5) is 5.69 Å². The molecule has 1 saturated heterocycles. The molecule has 1 amide bonds. The molecule has 0 bridgehead atoms. The third-order valence-corrected chi connectivity index (χ3v) is 6.48. The summed E-state index contributed by atoms with van der Waals surface area (Å²) in [6, 6.07) is 11.7. The fraction of sp³-hybridized carbons (Fsp3) is 0.400. The Hall–Kier alpha value is -3.11. The van der Waals surface area contributed by atoms with Gasteiger partial charge in [-0.05, 0) is 50.8 Å². The van der Waals surface area contributed by atoms with Crippen LogP contribution in [0, 0.1) is 11.3 Å². The van der Waals surface area contributed by atoms with Crippen LogP contribution in [0.2, 0.25) is 0 Å². The second-order valence-corrected chi connectivity index (χ2v) is 9.43. The highest BCUT2D eigenvalue weighted by Crippen LogP contribution is 2.34. The van der Waals surface area contributed by atoms with Crippen molar-refractivity contribution < 1.29 is 4.79 Å². The number of nitrogens with one attached hydrogen (secondary N) is 1. The second-order valence-electron chi connectivity index (χ2n) is 8.37. The van der Waals surface area contributed by atoms with Gasteiger partial charge in [-0.3, -0.25) is 4.79 Å². The van der Waals surface area contributed by atoms with Crippen molar-refractivity contribution in [1.82, 2.24) is 15.1 Å². The number of carbonyl (C=O) groups is 1. The zero-order valence-electron chi connectivity index (χ0n) is 19.1. The molecule has 7 heteroatoms. The number of piperidine rings is 1. The number of nitriles is 1. The number of benzene rings is 1. The van der Waals surface area contributed by atoms with Crippen LogP contribution in [0.15, 0.2) is 41.9 Å². The highest BCUT2D eigenvalue weighted by molar-refractivity contribution is 7.15. The average molecular weight is 450 g/mol. The Balaban J connectivity index is 1.86. The first-order valence-electron chi connectivity index (χ1n) is 11.0. The van der Waals surface area contributed by atoms with E-state index in [1.807, 2.05) is 30.6 Å². The Bertz CT molecular complexity index is 1030. The lowest BCUT2D eigenvalue weighted by Crippen LogP contribution is -2.28. The van der Waals surface area contributed by atoms with Crippen molar-refractivity contribution in [3.05, 3.63) is 57.8 Å². The molecule has 1 N–H and O–H groups in total. The van der Waals surface area contributed by atoms with Gasteiger partial charge in [0.05, 0.1) is 28.5 Å². The van der Waals surface area contributed by atoms with Gasteiger partial charge in [-0.1, -0.05) is 24.8 Å². The highest BCUT2D eigenvalue weighted by Gasteiger charge is 2.22. The normalized spacial score (nSPS) is 13.9. The largest absolute Gasteiger partial charge is 0.382 e. The summed E-state index contributed by atoms with van der Waals surface area (Å²) in [5.74, 6) is -0.114. The lowest BCUT2D eigenvalue weighted by molar-refractivity contribution is 0.0790. The summed E-state index contributed by atoms with van der Waals surface area (Å²) in [6.07, 6.45) is 5.46. The summed E-state index contributed by atoms with van der Waals surface area (Å²) < 4.78 is 0. The molecule has 0 radical (unpaired) electrons. The molecule has 0 unspecified atom stereocenters. The molecule has 168 valence electrons. The number of carbonyl (C=O) groups excluding carboxylic acids is 1. The molecule has 6 nitrogen and oxygen atoms in total. The molecular formula is C25H31N5OS. The second kappa shape index (κ2) is 11.0. The summed E-state index contributed by atoms with van der Waals surface area (Å²) >= 11 is 1.40. The van der Waals surface area contributed by atoms with Gasteiger partial charge in [-0.25, -0.2) is 4.99 Å². The minimum Gasteiger partial charge on any atom is -0.382 e. The van der Waals surface area contributed by atoms with E-state index in [2.05, 4.69) is 36.7 Å². The van der Waals surface area contributed by atoms with Gasteiger partial charge in [0.15, 0.2) is 0 Å². The van der Waals surface area contributed by atoms with Gasteiger partial charge >= 0.3 is 0 Å². The van der Waals surface area contributed by atoms with E-state index in [0.29, 0.717) is 22.7 Å². The van der Waals surface area contributed by atoms with Crippen LogP contribution in [-0.2, 0) is 6.54 Å². The van der Waals surface area contributed by atoms with Crippen molar-refractivity contribution in [3.8, 4) is 6.07 Å². The fourth-order valence-electron chi connectivity index (χ4n) is 3.64. The Labute approximate surface area is 194 Å². The van der Waals surface area contributed by atoms with Crippen LogP contribution in [0.25, 0.3) is 5.70 Å². The molecule has 2 aromatic rings. The first kappa shape index (κ1) is 23.6. The van der Waals surface area contributed by atoms with Gasteiger partial charge in [-0.2, -0.15) is 5.26 Å². The van der Waals surface area contributed by atoms with E-state index in [0.717, 1.165) is 29.2 Å². The SMILES string of the molecule is C=C(NC(C)C)c1cc(/N=C/N2CCCCC2)c(C(=O)N(C)Cc2ccccc2C#N)s1. The van der Waals surface area contributed by atoms with Gasteiger partial charge in [0.1, 0.15) is 4.88 Å². The third kappa shape index (κ3) is 5.98. The average Bonchev–Trinajstić information content (AvgIpc) is 3.22. The monoisotopic (exact) mass is 449 g/mol. The summed E-state index contributed by atoms with van der Waals surface area (Å²) in [5.41, 5.74) is 2.85. The number of hydrogen-bond acceptors (Lipinski definition) is 5. The molecule has 1 aromatic carbocycles. The third-order valence-electron chi connectivity index (χ3n) is 5.31. The number of nitrogens with zero attached hydrogens (tertiary/aromatic N) is 4. The standard InChI is InChI=1S/C25H31N5OS/c1-18(2)28-19(3)23-14-22(27-17-30-12-8-5-9-13-30)24(32-23)25(31)29(4)16-21-11-7-6-10-20(21)15-26/h6-7,10-11,14,17-18,28H,3,5,8-9,12-13,16H2,1-2,4H3/b27-17+. The van der Waals surface area contributed by atoms with Crippen LogP contribution < -0.4 is 5.32 Å². The molecule has 0 atom stereocenters.